The Labute approximate surface area is 119 Å². The van der Waals surface area contributed by atoms with Crippen molar-refractivity contribution >= 4 is 5.91 Å². The summed E-state index contributed by atoms with van der Waals surface area (Å²) in [5, 5.41) is 3.02. The maximum Gasteiger partial charge on any atom is 0.244 e. The van der Waals surface area contributed by atoms with Gasteiger partial charge in [0.2, 0.25) is 5.91 Å². The largest absolute Gasteiger partial charge is 0.497 e. The molecular formula is C16H21NO3. The average Bonchev–Trinajstić information content (AvgIpc) is 2.47. The van der Waals surface area contributed by atoms with E-state index in [2.05, 4.69) is 11.4 Å². The third-order valence-electron chi connectivity index (χ3n) is 3.68. The number of methoxy groups -OCH3 is 2. The second-order valence-corrected chi connectivity index (χ2v) is 4.86. The van der Waals surface area contributed by atoms with Crippen LogP contribution in [0.25, 0.3) is 0 Å². The molecule has 1 aromatic carbocycles. The number of rotatable bonds is 4. The van der Waals surface area contributed by atoms with Gasteiger partial charge >= 0.3 is 0 Å². The van der Waals surface area contributed by atoms with Crippen LogP contribution >= 0.6 is 0 Å². The summed E-state index contributed by atoms with van der Waals surface area (Å²) in [7, 11) is 3.33. The van der Waals surface area contributed by atoms with E-state index in [0.29, 0.717) is 0 Å². The van der Waals surface area contributed by atoms with Gasteiger partial charge in [-0.2, -0.15) is 0 Å². The zero-order valence-electron chi connectivity index (χ0n) is 12.2. The number of benzene rings is 1. The number of hydrogen-bond donors (Lipinski definition) is 1. The quantitative estimate of drug-likeness (QED) is 0.858. The first-order valence-corrected chi connectivity index (χ1v) is 6.82. The van der Waals surface area contributed by atoms with Crippen LogP contribution in [0.2, 0.25) is 0 Å². The Morgan fingerprint density at radius 2 is 2.20 bits per heavy atom. The van der Waals surface area contributed by atoms with Crippen LogP contribution in [0, 0.1) is 0 Å². The lowest BCUT2D eigenvalue weighted by Crippen LogP contribution is -2.39. The van der Waals surface area contributed by atoms with Gasteiger partial charge in [0.1, 0.15) is 5.75 Å². The molecule has 2 atom stereocenters. The second kappa shape index (κ2) is 6.57. The number of aryl methyl sites for hydroxylation is 1. The molecule has 1 amide bonds. The normalized spacial score (nSPS) is 21.6. The van der Waals surface area contributed by atoms with Gasteiger partial charge in [0, 0.05) is 7.11 Å². The van der Waals surface area contributed by atoms with E-state index in [9.17, 15) is 4.79 Å². The number of hydrogen-bond acceptors (Lipinski definition) is 3. The molecule has 1 N–H and O–H groups in total. The summed E-state index contributed by atoms with van der Waals surface area (Å²) in [6, 6.07) is 5.87. The third-order valence-corrected chi connectivity index (χ3v) is 3.68. The van der Waals surface area contributed by atoms with Crippen molar-refractivity contribution in [2.45, 2.75) is 31.9 Å². The molecule has 0 fully saturated rings. The van der Waals surface area contributed by atoms with Crippen molar-refractivity contribution in [1.82, 2.24) is 5.32 Å². The minimum absolute atomic E-state index is 0.0104. The molecule has 20 heavy (non-hydrogen) atoms. The third kappa shape index (κ3) is 3.02. The van der Waals surface area contributed by atoms with Crippen LogP contribution in [-0.2, 0) is 16.0 Å². The first-order chi connectivity index (χ1) is 9.69. The summed E-state index contributed by atoms with van der Waals surface area (Å²) in [4.78, 5) is 11.9. The summed E-state index contributed by atoms with van der Waals surface area (Å²) in [6.07, 6.45) is 5.10. The number of allylic oxidation sites excluding steroid dienone is 1. The van der Waals surface area contributed by atoms with Gasteiger partial charge < -0.3 is 14.8 Å². The van der Waals surface area contributed by atoms with Gasteiger partial charge in [0.15, 0.2) is 0 Å². The number of amides is 1. The lowest BCUT2D eigenvalue weighted by atomic mass is 9.85. The highest BCUT2D eigenvalue weighted by atomic mass is 16.5. The molecule has 1 aromatic rings. The molecule has 0 heterocycles. The Morgan fingerprint density at radius 3 is 2.85 bits per heavy atom. The first kappa shape index (κ1) is 14.6. The Kier molecular flexibility index (Phi) is 4.79. The van der Waals surface area contributed by atoms with Gasteiger partial charge in [-0.15, -0.1) is 0 Å². The van der Waals surface area contributed by atoms with Crippen molar-refractivity contribution in [2.75, 3.05) is 14.2 Å². The Bertz CT molecular complexity index is 510. The highest BCUT2D eigenvalue weighted by molar-refractivity contribution is 5.87. The Hall–Kier alpha value is -1.81. The standard InChI is InChI=1S/C16H21NO3/c1-4-5-15(18)17-16-13-10-12(19-2)8-6-11(13)7-9-14(16)20-3/h4-6,8,10,14,16H,7,9H2,1-3H3,(H,17,18)/b5-4-/t14-,16+/m0/s1. The molecule has 0 radical (unpaired) electrons. The van der Waals surface area contributed by atoms with Crippen LogP contribution in [0.4, 0.5) is 0 Å². The van der Waals surface area contributed by atoms with E-state index in [1.54, 1.807) is 20.3 Å². The molecule has 0 saturated heterocycles. The zero-order chi connectivity index (χ0) is 14.5. The van der Waals surface area contributed by atoms with Crippen molar-refractivity contribution in [1.29, 1.82) is 0 Å². The fourth-order valence-corrected chi connectivity index (χ4v) is 2.66. The zero-order valence-corrected chi connectivity index (χ0v) is 12.2. The molecule has 0 aliphatic heterocycles. The van der Waals surface area contributed by atoms with Crippen LogP contribution in [0.3, 0.4) is 0 Å². The van der Waals surface area contributed by atoms with Gasteiger partial charge in [-0.05, 0) is 49.1 Å². The Balaban J connectivity index is 2.33. The predicted molar refractivity (Wildman–Crippen MR) is 77.8 cm³/mol. The maximum absolute atomic E-state index is 11.9. The molecule has 0 aromatic heterocycles. The fourth-order valence-electron chi connectivity index (χ4n) is 2.66. The van der Waals surface area contributed by atoms with E-state index in [0.717, 1.165) is 24.2 Å². The summed E-state index contributed by atoms with van der Waals surface area (Å²) in [5.41, 5.74) is 2.32. The molecule has 0 spiro atoms. The summed E-state index contributed by atoms with van der Waals surface area (Å²) < 4.78 is 10.8. The van der Waals surface area contributed by atoms with Gasteiger partial charge in [-0.3, -0.25) is 4.79 Å². The van der Waals surface area contributed by atoms with E-state index in [1.165, 1.54) is 11.6 Å². The molecular weight excluding hydrogens is 254 g/mol. The van der Waals surface area contributed by atoms with Crippen LogP contribution in [0.15, 0.2) is 30.4 Å². The molecule has 0 bridgehead atoms. The number of carbonyl (C=O) groups is 1. The van der Waals surface area contributed by atoms with Crippen molar-refractivity contribution in [3.63, 3.8) is 0 Å². The van der Waals surface area contributed by atoms with E-state index in [1.807, 2.05) is 19.1 Å². The molecule has 1 aliphatic carbocycles. The summed E-state index contributed by atoms with van der Waals surface area (Å²) >= 11 is 0. The lowest BCUT2D eigenvalue weighted by Gasteiger charge is -2.33. The highest BCUT2D eigenvalue weighted by Gasteiger charge is 2.30. The van der Waals surface area contributed by atoms with Crippen LogP contribution < -0.4 is 10.1 Å². The minimum Gasteiger partial charge on any atom is -0.497 e. The Morgan fingerprint density at radius 1 is 1.40 bits per heavy atom. The van der Waals surface area contributed by atoms with Gasteiger partial charge in [-0.25, -0.2) is 0 Å². The molecule has 108 valence electrons. The number of carbonyl (C=O) groups excluding carboxylic acids is 1. The molecule has 0 saturated carbocycles. The summed E-state index contributed by atoms with van der Waals surface area (Å²) in [6.45, 7) is 1.82. The van der Waals surface area contributed by atoms with E-state index < -0.39 is 0 Å². The van der Waals surface area contributed by atoms with Gasteiger partial charge in [0.05, 0.1) is 19.3 Å². The summed E-state index contributed by atoms with van der Waals surface area (Å²) in [5.74, 6) is 0.695. The first-order valence-electron chi connectivity index (χ1n) is 6.82. The van der Waals surface area contributed by atoms with Crippen LogP contribution in [0.1, 0.15) is 30.5 Å². The van der Waals surface area contributed by atoms with E-state index in [-0.39, 0.29) is 18.1 Å². The topological polar surface area (TPSA) is 47.6 Å². The van der Waals surface area contributed by atoms with Crippen molar-refractivity contribution < 1.29 is 14.3 Å². The highest BCUT2D eigenvalue weighted by Crippen LogP contribution is 2.34. The maximum atomic E-state index is 11.9. The van der Waals surface area contributed by atoms with Gasteiger partial charge in [0.25, 0.3) is 0 Å². The van der Waals surface area contributed by atoms with E-state index >= 15 is 0 Å². The molecule has 4 heteroatoms. The number of fused-ring (bicyclic) bond motifs is 1. The average molecular weight is 275 g/mol. The minimum atomic E-state index is -0.137. The lowest BCUT2D eigenvalue weighted by molar-refractivity contribution is -0.118. The smallest absolute Gasteiger partial charge is 0.244 e. The molecule has 4 nitrogen and oxygen atoms in total. The van der Waals surface area contributed by atoms with Crippen LogP contribution in [0.5, 0.6) is 5.75 Å². The fraction of sp³-hybridized carbons (Fsp3) is 0.438. The SMILES string of the molecule is C/C=C\C(=O)N[C@@H]1c2cc(OC)ccc2CC[C@@H]1OC. The number of ether oxygens (including phenoxy) is 2. The molecule has 0 unspecified atom stereocenters. The molecule has 2 rings (SSSR count). The predicted octanol–water partition coefficient (Wildman–Crippen LogP) is 2.39. The molecule has 1 aliphatic rings. The van der Waals surface area contributed by atoms with Crippen LogP contribution in [-0.4, -0.2) is 26.2 Å². The van der Waals surface area contributed by atoms with Crippen molar-refractivity contribution in [2.24, 2.45) is 0 Å². The van der Waals surface area contributed by atoms with Crippen molar-refractivity contribution in [3.8, 4) is 5.75 Å². The number of nitrogens with one attached hydrogen (secondary N) is 1. The monoisotopic (exact) mass is 275 g/mol. The van der Waals surface area contributed by atoms with Crippen molar-refractivity contribution in [3.05, 3.63) is 41.5 Å². The second-order valence-electron chi connectivity index (χ2n) is 4.86. The van der Waals surface area contributed by atoms with Gasteiger partial charge in [-0.1, -0.05) is 12.1 Å². The van der Waals surface area contributed by atoms with E-state index in [4.69, 9.17) is 9.47 Å².